The Morgan fingerprint density at radius 1 is 0.941 bits per heavy atom. The van der Waals surface area contributed by atoms with Gasteiger partial charge in [-0.1, -0.05) is 72.3 Å². The molecule has 1 amide bonds. The van der Waals surface area contributed by atoms with Crippen LogP contribution >= 0.6 is 0 Å². The number of benzene rings is 3. The molecule has 1 N–H and O–H groups in total. The number of likely N-dealkylation sites (tertiary alicyclic amines) is 1. The third kappa shape index (κ3) is 5.68. The van der Waals surface area contributed by atoms with E-state index in [9.17, 15) is 4.79 Å². The molecule has 4 nitrogen and oxygen atoms in total. The third-order valence-electron chi connectivity index (χ3n) is 7.14. The Morgan fingerprint density at radius 2 is 1.59 bits per heavy atom. The molecular formula is C30H36N2O2. The summed E-state index contributed by atoms with van der Waals surface area (Å²) in [6.45, 7) is 6.76. The number of ether oxygens (including phenoxy) is 1. The van der Waals surface area contributed by atoms with Crippen LogP contribution in [0, 0.1) is 12.8 Å². The molecule has 0 aliphatic carbocycles. The molecule has 0 spiro atoms. The Labute approximate surface area is 204 Å². The number of amides is 1. The van der Waals surface area contributed by atoms with Crippen LogP contribution in [0.2, 0.25) is 0 Å². The minimum absolute atomic E-state index is 0.00893. The second kappa shape index (κ2) is 10.9. The number of piperidine rings is 1. The molecule has 0 saturated carbocycles. The van der Waals surface area contributed by atoms with Gasteiger partial charge < -0.3 is 10.1 Å². The van der Waals surface area contributed by atoms with Crippen LogP contribution in [0.3, 0.4) is 0 Å². The van der Waals surface area contributed by atoms with Crippen LogP contribution in [0.5, 0.6) is 5.75 Å². The van der Waals surface area contributed by atoms with Crippen LogP contribution in [0.1, 0.15) is 42.0 Å². The molecule has 0 bridgehead atoms. The van der Waals surface area contributed by atoms with E-state index < -0.39 is 5.54 Å². The summed E-state index contributed by atoms with van der Waals surface area (Å²) in [5.74, 6) is 1.17. The highest BCUT2D eigenvalue weighted by Crippen LogP contribution is 2.40. The van der Waals surface area contributed by atoms with Crippen LogP contribution in [0.4, 0.5) is 0 Å². The van der Waals surface area contributed by atoms with Crippen molar-refractivity contribution in [3.63, 3.8) is 0 Å². The first-order chi connectivity index (χ1) is 16.5. The fourth-order valence-corrected chi connectivity index (χ4v) is 5.36. The summed E-state index contributed by atoms with van der Waals surface area (Å²) < 4.78 is 5.42. The van der Waals surface area contributed by atoms with Gasteiger partial charge in [0, 0.05) is 13.5 Å². The summed E-state index contributed by atoms with van der Waals surface area (Å²) in [6.07, 6.45) is 2.83. The number of nitrogens with zero attached hydrogens (tertiary/aromatic N) is 1. The highest BCUT2D eigenvalue weighted by Gasteiger charge is 2.42. The number of hydrogen-bond donors (Lipinski definition) is 1. The number of nitrogens with one attached hydrogen (secondary N) is 1. The summed E-state index contributed by atoms with van der Waals surface area (Å²) in [5.41, 5.74) is 4.51. The van der Waals surface area contributed by atoms with Gasteiger partial charge in [-0.05, 0) is 74.0 Å². The van der Waals surface area contributed by atoms with Gasteiger partial charge in [0.15, 0.2) is 0 Å². The zero-order valence-electron chi connectivity index (χ0n) is 20.6. The summed E-state index contributed by atoms with van der Waals surface area (Å²) in [7, 11) is 1.69. The second-order valence-corrected chi connectivity index (χ2v) is 9.58. The van der Waals surface area contributed by atoms with E-state index in [1.807, 2.05) is 12.1 Å². The molecule has 3 aromatic rings. The smallest absolute Gasteiger partial charge is 0.217 e. The second-order valence-electron chi connectivity index (χ2n) is 9.58. The average Bonchev–Trinajstić information content (AvgIpc) is 2.86. The van der Waals surface area contributed by atoms with E-state index in [-0.39, 0.29) is 5.91 Å². The van der Waals surface area contributed by atoms with Crippen molar-refractivity contribution in [1.82, 2.24) is 10.2 Å². The van der Waals surface area contributed by atoms with Crippen molar-refractivity contribution in [3.8, 4) is 5.75 Å². The molecule has 1 aliphatic rings. The van der Waals surface area contributed by atoms with E-state index in [0.29, 0.717) is 5.92 Å². The summed E-state index contributed by atoms with van der Waals surface area (Å²) in [6, 6.07) is 27.6. The van der Waals surface area contributed by atoms with Crippen molar-refractivity contribution < 1.29 is 9.53 Å². The molecular weight excluding hydrogens is 420 g/mol. The van der Waals surface area contributed by atoms with E-state index in [0.717, 1.165) is 50.2 Å². The van der Waals surface area contributed by atoms with Gasteiger partial charge in [-0.25, -0.2) is 0 Å². The predicted molar refractivity (Wildman–Crippen MR) is 138 cm³/mol. The molecule has 4 rings (SSSR count). The molecule has 1 fully saturated rings. The maximum Gasteiger partial charge on any atom is 0.217 e. The molecule has 1 heterocycles. The highest BCUT2D eigenvalue weighted by atomic mass is 16.5. The quantitative estimate of drug-likeness (QED) is 0.487. The van der Waals surface area contributed by atoms with Gasteiger partial charge in [0.25, 0.3) is 0 Å². The minimum Gasteiger partial charge on any atom is -0.497 e. The maximum atomic E-state index is 12.6. The van der Waals surface area contributed by atoms with E-state index in [4.69, 9.17) is 4.74 Å². The number of rotatable bonds is 8. The van der Waals surface area contributed by atoms with Crippen LogP contribution in [-0.2, 0) is 23.3 Å². The zero-order valence-corrected chi connectivity index (χ0v) is 20.6. The number of hydrogen-bond acceptors (Lipinski definition) is 3. The van der Waals surface area contributed by atoms with Gasteiger partial charge in [-0.3, -0.25) is 9.69 Å². The number of carbonyl (C=O) groups is 1. The lowest BCUT2D eigenvalue weighted by Gasteiger charge is -2.46. The Bertz CT molecular complexity index is 1060. The Morgan fingerprint density at radius 3 is 2.18 bits per heavy atom. The van der Waals surface area contributed by atoms with Gasteiger partial charge in [0.2, 0.25) is 5.91 Å². The Balaban J connectivity index is 1.64. The number of methoxy groups -OCH3 is 1. The van der Waals surface area contributed by atoms with Crippen LogP contribution < -0.4 is 10.1 Å². The standard InChI is InChI=1S/C30H36N2O2/c1-23-9-11-25(12-10-23)21-30(31-24(2)33,27-13-15-29(34-3)16-14-27)28-17-19-32(20-18-28)22-26-7-5-4-6-8-26/h4-16,28H,17-22H2,1-3H3,(H,31,33). The first kappa shape index (κ1) is 24.0. The van der Waals surface area contributed by atoms with Gasteiger partial charge in [-0.15, -0.1) is 0 Å². The van der Waals surface area contributed by atoms with Crippen molar-refractivity contribution in [3.05, 3.63) is 101 Å². The molecule has 34 heavy (non-hydrogen) atoms. The van der Waals surface area contributed by atoms with Crippen molar-refractivity contribution in [2.45, 2.75) is 45.2 Å². The molecule has 3 aromatic carbocycles. The summed E-state index contributed by atoms with van der Waals surface area (Å²) in [5, 5.41) is 3.45. The maximum absolute atomic E-state index is 12.6. The van der Waals surface area contributed by atoms with Gasteiger partial charge in [0.05, 0.1) is 12.6 Å². The van der Waals surface area contributed by atoms with Crippen LogP contribution in [-0.4, -0.2) is 31.0 Å². The van der Waals surface area contributed by atoms with Crippen LogP contribution in [0.25, 0.3) is 0 Å². The average molecular weight is 457 g/mol. The third-order valence-corrected chi connectivity index (χ3v) is 7.14. The molecule has 1 aliphatic heterocycles. The molecule has 1 saturated heterocycles. The number of carbonyl (C=O) groups excluding carboxylic acids is 1. The van der Waals surface area contributed by atoms with Gasteiger partial charge in [0.1, 0.15) is 5.75 Å². The van der Waals surface area contributed by atoms with E-state index >= 15 is 0 Å². The molecule has 4 heteroatoms. The Hall–Kier alpha value is -3.11. The lowest BCUT2D eigenvalue weighted by Crippen LogP contribution is -2.55. The lowest BCUT2D eigenvalue weighted by molar-refractivity contribution is -0.122. The van der Waals surface area contributed by atoms with Gasteiger partial charge >= 0.3 is 0 Å². The lowest BCUT2D eigenvalue weighted by atomic mass is 9.69. The van der Waals surface area contributed by atoms with Crippen molar-refractivity contribution >= 4 is 5.91 Å². The van der Waals surface area contributed by atoms with Crippen molar-refractivity contribution in [2.75, 3.05) is 20.2 Å². The summed E-state index contributed by atoms with van der Waals surface area (Å²) >= 11 is 0. The van der Waals surface area contributed by atoms with Gasteiger partial charge in [-0.2, -0.15) is 0 Å². The highest BCUT2D eigenvalue weighted by molar-refractivity contribution is 5.74. The first-order valence-corrected chi connectivity index (χ1v) is 12.2. The molecule has 1 atom stereocenters. The summed E-state index contributed by atoms with van der Waals surface area (Å²) in [4.78, 5) is 15.1. The van der Waals surface area contributed by atoms with E-state index in [2.05, 4.69) is 83.9 Å². The topological polar surface area (TPSA) is 41.6 Å². The molecule has 178 valence electrons. The van der Waals surface area contributed by atoms with Crippen molar-refractivity contribution in [1.29, 1.82) is 0 Å². The monoisotopic (exact) mass is 456 g/mol. The van der Waals surface area contributed by atoms with Crippen LogP contribution in [0.15, 0.2) is 78.9 Å². The fraction of sp³-hybridized carbons (Fsp3) is 0.367. The largest absolute Gasteiger partial charge is 0.497 e. The molecule has 0 aromatic heterocycles. The molecule has 1 unspecified atom stereocenters. The normalized spacial score (nSPS) is 16.6. The Kier molecular flexibility index (Phi) is 7.69. The van der Waals surface area contributed by atoms with E-state index in [1.54, 1.807) is 14.0 Å². The first-order valence-electron chi connectivity index (χ1n) is 12.2. The zero-order chi connectivity index (χ0) is 24.0. The SMILES string of the molecule is COc1ccc(C(Cc2ccc(C)cc2)(NC(C)=O)C2CCN(Cc3ccccc3)CC2)cc1. The fourth-order valence-electron chi connectivity index (χ4n) is 5.36. The number of aryl methyl sites for hydroxylation is 1. The molecule has 0 radical (unpaired) electrons. The minimum atomic E-state index is -0.466. The predicted octanol–water partition coefficient (Wildman–Crippen LogP) is 5.49. The van der Waals surface area contributed by atoms with Crippen molar-refractivity contribution in [2.24, 2.45) is 5.92 Å². The van der Waals surface area contributed by atoms with E-state index in [1.165, 1.54) is 16.7 Å².